The molecule has 0 bridgehead atoms. The van der Waals surface area contributed by atoms with Crippen LogP contribution in [0.5, 0.6) is 11.5 Å². The second-order valence-corrected chi connectivity index (χ2v) is 6.23. The van der Waals surface area contributed by atoms with Crippen LogP contribution in [0, 0.1) is 13.8 Å². The maximum absolute atomic E-state index is 12.9. The maximum Gasteiger partial charge on any atom is 0.258 e. The van der Waals surface area contributed by atoms with Crippen molar-refractivity contribution in [1.29, 1.82) is 0 Å². The highest BCUT2D eigenvalue weighted by Crippen LogP contribution is 2.34. The Labute approximate surface area is 147 Å². The van der Waals surface area contributed by atoms with Crippen molar-refractivity contribution in [2.45, 2.75) is 60.0 Å². The average molecular weight is 346 g/mol. The first kappa shape index (κ1) is 18.8. The number of aromatic hydroxyl groups is 2. The zero-order chi connectivity index (χ0) is 18.9. The zero-order valence-corrected chi connectivity index (χ0v) is 15.5. The third-order valence-electron chi connectivity index (χ3n) is 4.78. The van der Waals surface area contributed by atoms with Gasteiger partial charge in [-0.15, -0.1) is 0 Å². The molecule has 0 atom stereocenters. The van der Waals surface area contributed by atoms with E-state index in [0.717, 1.165) is 0 Å². The van der Waals surface area contributed by atoms with Gasteiger partial charge in [0.1, 0.15) is 11.5 Å². The fraction of sp³-hybridized carbons (Fsp3) is 0.474. The molecule has 0 radical (unpaired) electrons. The van der Waals surface area contributed by atoms with Crippen molar-refractivity contribution < 1.29 is 10.2 Å². The lowest BCUT2D eigenvalue weighted by atomic mass is 9.88. The molecule has 0 aliphatic rings. The molecule has 2 heterocycles. The highest BCUT2D eigenvalue weighted by Gasteiger charge is 2.27. The highest BCUT2D eigenvalue weighted by molar-refractivity contribution is 5.45. The normalized spacial score (nSPS) is 11.3. The minimum absolute atomic E-state index is 0.138. The molecule has 0 aliphatic carbocycles. The maximum atomic E-state index is 12.9. The first-order valence-corrected chi connectivity index (χ1v) is 8.64. The van der Waals surface area contributed by atoms with E-state index in [1.54, 1.807) is 23.0 Å². The minimum atomic E-state index is -0.670. The summed E-state index contributed by atoms with van der Waals surface area (Å²) in [5, 5.41) is 20.8. The molecule has 0 aromatic carbocycles. The van der Waals surface area contributed by atoms with Gasteiger partial charge in [-0.1, -0.05) is 6.92 Å². The number of aryl methyl sites for hydroxylation is 2. The smallest absolute Gasteiger partial charge is 0.258 e. The Bertz CT molecular complexity index is 836. The van der Waals surface area contributed by atoms with Gasteiger partial charge in [0, 0.05) is 30.4 Å². The zero-order valence-electron chi connectivity index (χ0n) is 15.5. The van der Waals surface area contributed by atoms with Crippen molar-refractivity contribution in [3.8, 4) is 11.5 Å². The summed E-state index contributed by atoms with van der Waals surface area (Å²) in [6, 6.07) is 3.07. The van der Waals surface area contributed by atoms with E-state index in [1.165, 1.54) is 12.1 Å². The number of aromatic nitrogens is 2. The van der Waals surface area contributed by atoms with Gasteiger partial charge in [0.25, 0.3) is 11.1 Å². The first-order valence-electron chi connectivity index (χ1n) is 8.64. The topological polar surface area (TPSA) is 84.5 Å². The second kappa shape index (κ2) is 7.17. The van der Waals surface area contributed by atoms with Crippen molar-refractivity contribution in [3.63, 3.8) is 0 Å². The summed E-state index contributed by atoms with van der Waals surface area (Å²) in [6.07, 6.45) is 0.408. The third-order valence-corrected chi connectivity index (χ3v) is 4.78. The molecule has 0 saturated carbocycles. The SMILES string of the molecule is CCC(c1c(O)cc(C)n(CC)c1=O)c1c(O)cc(C)n(CC)c1=O. The Kier molecular flexibility index (Phi) is 5.40. The molecule has 0 fully saturated rings. The van der Waals surface area contributed by atoms with Crippen LogP contribution in [-0.2, 0) is 13.1 Å². The number of nitrogens with zero attached hydrogens (tertiary/aromatic N) is 2. The molecule has 25 heavy (non-hydrogen) atoms. The lowest BCUT2D eigenvalue weighted by molar-refractivity contribution is 0.442. The molecule has 2 rings (SSSR count). The van der Waals surface area contributed by atoms with Crippen molar-refractivity contribution in [2.75, 3.05) is 0 Å². The minimum Gasteiger partial charge on any atom is -0.507 e. The van der Waals surface area contributed by atoms with Crippen LogP contribution in [0.15, 0.2) is 21.7 Å². The number of hydrogen-bond donors (Lipinski definition) is 2. The summed E-state index contributed by atoms with van der Waals surface area (Å²) in [5.41, 5.74) is 0.983. The molecule has 0 aliphatic heterocycles. The van der Waals surface area contributed by atoms with Crippen LogP contribution in [0.3, 0.4) is 0 Å². The predicted molar refractivity (Wildman–Crippen MR) is 97.7 cm³/mol. The summed E-state index contributed by atoms with van der Waals surface area (Å²) < 4.78 is 3.11. The van der Waals surface area contributed by atoms with Gasteiger partial charge in [-0.2, -0.15) is 0 Å². The average Bonchev–Trinajstić information content (AvgIpc) is 2.53. The van der Waals surface area contributed by atoms with E-state index in [2.05, 4.69) is 0 Å². The van der Waals surface area contributed by atoms with Crippen LogP contribution in [0.4, 0.5) is 0 Å². The molecule has 2 aromatic heterocycles. The summed E-state index contributed by atoms with van der Waals surface area (Å²) in [7, 11) is 0. The van der Waals surface area contributed by atoms with E-state index >= 15 is 0 Å². The van der Waals surface area contributed by atoms with E-state index in [1.807, 2.05) is 20.8 Å². The van der Waals surface area contributed by atoms with E-state index < -0.39 is 5.92 Å². The van der Waals surface area contributed by atoms with E-state index in [0.29, 0.717) is 30.9 Å². The molecule has 0 unspecified atom stereocenters. The number of pyridine rings is 2. The molecule has 136 valence electrons. The van der Waals surface area contributed by atoms with E-state index in [9.17, 15) is 19.8 Å². The molecule has 2 N–H and O–H groups in total. The van der Waals surface area contributed by atoms with Crippen LogP contribution < -0.4 is 11.1 Å². The predicted octanol–water partition coefficient (Wildman–Crippen LogP) is 2.62. The fourth-order valence-electron chi connectivity index (χ4n) is 3.53. The molecule has 0 amide bonds. The van der Waals surface area contributed by atoms with E-state index in [-0.39, 0.29) is 33.7 Å². The van der Waals surface area contributed by atoms with Crippen LogP contribution in [0.2, 0.25) is 0 Å². The monoisotopic (exact) mass is 346 g/mol. The lowest BCUT2D eigenvalue weighted by Gasteiger charge is -2.21. The van der Waals surface area contributed by atoms with Gasteiger partial charge in [0.05, 0.1) is 11.1 Å². The van der Waals surface area contributed by atoms with Gasteiger partial charge in [0.2, 0.25) is 0 Å². The summed E-state index contributed by atoms with van der Waals surface area (Å²) in [6.45, 7) is 9.97. The molecular formula is C19H26N2O4. The molecular weight excluding hydrogens is 320 g/mol. The van der Waals surface area contributed by atoms with E-state index in [4.69, 9.17) is 0 Å². The molecule has 0 saturated heterocycles. The quantitative estimate of drug-likeness (QED) is 0.871. The Morgan fingerprint density at radius 1 is 0.840 bits per heavy atom. The van der Waals surface area contributed by atoms with Crippen LogP contribution >= 0.6 is 0 Å². The number of rotatable bonds is 5. The van der Waals surface area contributed by atoms with Crippen LogP contribution in [0.25, 0.3) is 0 Å². The largest absolute Gasteiger partial charge is 0.507 e. The summed E-state index contributed by atoms with van der Waals surface area (Å²) in [4.78, 5) is 25.7. The van der Waals surface area contributed by atoms with Gasteiger partial charge < -0.3 is 19.3 Å². The van der Waals surface area contributed by atoms with Crippen molar-refractivity contribution in [3.05, 3.63) is 55.4 Å². The van der Waals surface area contributed by atoms with Crippen molar-refractivity contribution >= 4 is 0 Å². The fourth-order valence-corrected chi connectivity index (χ4v) is 3.53. The first-order chi connectivity index (χ1) is 11.8. The molecule has 6 nitrogen and oxygen atoms in total. The molecule has 2 aromatic rings. The van der Waals surface area contributed by atoms with Gasteiger partial charge in [-0.3, -0.25) is 9.59 Å². The van der Waals surface area contributed by atoms with Crippen molar-refractivity contribution in [1.82, 2.24) is 9.13 Å². The Balaban J connectivity index is 2.84. The Morgan fingerprint density at radius 3 is 1.48 bits per heavy atom. The van der Waals surface area contributed by atoms with Crippen LogP contribution in [0.1, 0.15) is 55.6 Å². The summed E-state index contributed by atoms with van der Waals surface area (Å²) in [5.74, 6) is -0.945. The van der Waals surface area contributed by atoms with Gasteiger partial charge in [0.15, 0.2) is 0 Å². The Hall–Kier alpha value is -2.50. The highest BCUT2D eigenvalue weighted by atomic mass is 16.3. The lowest BCUT2D eigenvalue weighted by Crippen LogP contribution is -2.31. The van der Waals surface area contributed by atoms with Crippen molar-refractivity contribution in [2.24, 2.45) is 0 Å². The standard InChI is InChI=1S/C19H26N2O4/c1-6-13(16-14(22)9-11(4)20(7-2)18(16)24)17-15(23)10-12(5)21(8-3)19(17)25/h9-10,13,22-23H,6-8H2,1-5H3. The van der Waals surface area contributed by atoms with Gasteiger partial charge in [-0.25, -0.2) is 0 Å². The molecule has 6 heteroatoms. The van der Waals surface area contributed by atoms with Gasteiger partial charge >= 0.3 is 0 Å². The molecule has 0 spiro atoms. The van der Waals surface area contributed by atoms with Gasteiger partial charge in [-0.05, 0) is 46.2 Å². The Morgan fingerprint density at radius 2 is 1.20 bits per heavy atom. The van der Waals surface area contributed by atoms with Crippen LogP contribution in [-0.4, -0.2) is 19.3 Å². The third kappa shape index (κ3) is 3.08. The number of hydrogen-bond acceptors (Lipinski definition) is 4. The second-order valence-electron chi connectivity index (χ2n) is 6.23. The summed E-state index contributed by atoms with van der Waals surface area (Å²) >= 11 is 0.